The minimum atomic E-state index is -0.201. The quantitative estimate of drug-likeness (QED) is 0.385. The minimum absolute atomic E-state index is 0.201. The van der Waals surface area contributed by atoms with Crippen molar-refractivity contribution in [3.05, 3.63) is 42.5 Å². The average Bonchev–Trinajstić information content (AvgIpc) is 2.32. The van der Waals surface area contributed by atoms with Crippen LogP contribution in [-0.2, 0) is 11.2 Å². The highest BCUT2D eigenvalue weighted by molar-refractivity contribution is 5.34. The van der Waals surface area contributed by atoms with Crippen molar-refractivity contribution in [3.8, 4) is 5.75 Å². The van der Waals surface area contributed by atoms with Crippen LogP contribution in [-0.4, -0.2) is 12.9 Å². The van der Waals surface area contributed by atoms with Crippen LogP contribution in [0.3, 0.4) is 0 Å². The highest BCUT2D eigenvalue weighted by atomic mass is 16.7. The van der Waals surface area contributed by atoms with Crippen LogP contribution in [0.1, 0.15) is 32.3 Å². The molecule has 0 spiro atoms. The predicted molar refractivity (Wildman–Crippen MR) is 71.3 cm³/mol. The molecule has 0 saturated heterocycles. The molecule has 1 rings (SSSR count). The van der Waals surface area contributed by atoms with Crippen molar-refractivity contribution in [2.75, 3.05) is 6.61 Å². The van der Waals surface area contributed by atoms with Gasteiger partial charge in [0.1, 0.15) is 5.75 Å². The molecule has 0 fully saturated rings. The molecule has 1 unspecified atom stereocenters. The summed E-state index contributed by atoms with van der Waals surface area (Å²) >= 11 is 0. The van der Waals surface area contributed by atoms with Gasteiger partial charge in [-0.3, -0.25) is 0 Å². The van der Waals surface area contributed by atoms with E-state index in [-0.39, 0.29) is 6.29 Å². The Morgan fingerprint density at radius 1 is 1.35 bits per heavy atom. The van der Waals surface area contributed by atoms with E-state index in [0.29, 0.717) is 0 Å². The van der Waals surface area contributed by atoms with E-state index < -0.39 is 0 Å². The molecule has 94 valence electrons. The molecular formula is C15H22O2. The third-order valence-corrected chi connectivity index (χ3v) is 2.48. The highest BCUT2D eigenvalue weighted by Crippen LogP contribution is 2.20. The third-order valence-electron chi connectivity index (χ3n) is 2.48. The number of hydrogen-bond donors (Lipinski definition) is 0. The number of para-hydroxylation sites is 1. The van der Waals surface area contributed by atoms with Gasteiger partial charge in [-0.25, -0.2) is 0 Å². The summed E-state index contributed by atoms with van der Waals surface area (Å²) in [6, 6.07) is 8.00. The largest absolute Gasteiger partial charge is 0.465 e. The third kappa shape index (κ3) is 5.05. The van der Waals surface area contributed by atoms with Gasteiger partial charge in [-0.1, -0.05) is 37.6 Å². The fraction of sp³-hybridized carbons (Fsp3) is 0.467. The van der Waals surface area contributed by atoms with Crippen LogP contribution in [0, 0.1) is 0 Å². The Balaban J connectivity index is 2.51. The van der Waals surface area contributed by atoms with Crippen molar-refractivity contribution in [1.82, 2.24) is 0 Å². The molecule has 0 radical (unpaired) electrons. The maximum absolute atomic E-state index is 5.77. The first-order valence-corrected chi connectivity index (χ1v) is 6.25. The second-order valence-electron chi connectivity index (χ2n) is 4.01. The SMILES string of the molecule is C=CCc1ccccc1OC(C)OCCCC. The zero-order chi connectivity index (χ0) is 12.5. The van der Waals surface area contributed by atoms with E-state index >= 15 is 0 Å². The van der Waals surface area contributed by atoms with Gasteiger partial charge in [0.2, 0.25) is 0 Å². The Kier molecular flexibility index (Phi) is 6.41. The summed E-state index contributed by atoms with van der Waals surface area (Å²) in [5, 5.41) is 0. The highest BCUT2D eigenvalue weighted by Gasteiger charge is 2.06. The van der Waals surface area contributed by atoms with Gasteiger partial charge in [0.25, 0.3) is 0 Å². The zero-order valence-corrected chi connectivity index (χ0v) is 10.8. The van der Waals surface area contributed by atoms with Gasteiger partial charge in [-0.2, -0.15) is 0 Å². The summed E-state index contributed by atoms with van der Waals surface area (Å²) in [6.45, 7) is 8.58. The maximum Gasteiger partial charge on any atom is 0.196 e. The summed E-state index contributed by atoms with van der Waals surface area (Å²) in [4.78, 5) is 0. The lowest BCUT2D eigenvalue weighted by Crippen LogP contribution is -2.17. The molecular weight excluding hydrogens is 212 g/mol. The van der Waals surface area contributed by atoms with Gasteiger partial charge < -0.3 is 9.47 Å². The van der Waals surface area contributed by atoms with Gasteiger partial charge in [0, 0.05) is 0 Å². The van der Waals surface area contributed by atoms with Crippen LogP contribution < -0.4 is 4.74 Å². The number of hydrogen-bond acceptors (Lipinski definition) is 2. The molecule has 0 aliphatic rings. The first-order chi connectivity index (χ1) is 8.27. The molecule has 1 aromatic carbocycles. The lowest BCUT2D eigenvalue weighted by molar-refractivity contribution is -0.0677. The average molecular weight is 234 g/mol. The van der Waals surface area contributed by atoms with Crippen molar-refractivity contribution in [2.45, 2.75) is 39.4 Å². The molecule has 17 heavy (non-hydrogen) atoms. The normalized spacial score (nSPS) is 12.1. The van der Waals surface area contributed by atoms with Crippen LogP contribution in [0.5, 0.6) is 5.75 Å². The van der Waals surface area contributed by atoms with Crippen molar-refractivity contribution < 1.29 is 9.47 Å². The molecule has 0 aliphatic carbocycles. The fourth-order valence-electron chi connectivity index (χ4n) is 1.55. The van der Waals surface area contributed by atoms with E-state index in [1.165, 1.54) is 0 Å². The Bertz CT molecular complexity index is 333. The number of unbranched alkanes of at least 4 members (excludes halogenated alkanes) is 1. The molecule has 1 aromatic rings. The zero-order valence-electron chi connectivity index (χ0n) is 10.8. The van der Waals surface area contributed by atoms with E-state index in [4.69, 9.17) is 9.47 Å². The summed E-state index contributed by atoms with van der Waals surface area (Å²) in [6.07, 6.45) is 4.71. The topological polar surface area (TPSA) is 18.5 Å². The Labute approximate surface area is 104 Å². The van der Waals surface area contributed by atoms with Crippen LogP contribution >= 0.6 is 0 Å². The van der Waals surface area contributed by atoms with Gasteiger partial charge in [0.05, 0.1) is 6.61 Å². The summed E-state index contributed by atoms with van der Waals surface area (Å²) < 4.78 is 11.3. The van der Waals surface area contributed by atoms with Crippen molar-refractivity contribution in [1.29, 1.82) is 0 Å². The van der Waals surface area contributed by atoms with Crippen molar-refractivity contribution in [2.24, 2.45) is 0 Å². The number of ether oxygens (including phenoxy) is 2. The monoisotopic (exact) mass is 234 g/mol. The van der Waals surface area contributed by atoms with E-state index in [1.807, 2.05) is 31.2 Å². The fourth-order valence-corrected chi connectivity index (χ4v) is 1.55. The Morgan fingerprint density at radius 3 is 2.82 bits per heavy atom. The summed E-state index contributed by atoms with van der Waals surface area (Å²) in [5.41, 5.74) is 1.15. The standard InChI is InChI=1S/C15H22O2/c1-4-6-12-16-13(3)17-15-11-8-7-10-14(15)9-5-2/h5,7-8,10-11,13H,2,4,6,9,12H2,1,3H3. The van der Waals surface area contributed by atoms with Crippen molar-refractivity contribution in [3.63, 3.8) is 0 Å². The smallest absolute Gasteiger partial charge is 0.196 e. The van der Waals surface area contributed by atoms with Gasteiger partial charge in [0.15, 0.2) is 6.29 Å². The molecule has 0 N–H and O–H groups in total. The van der Waals surface area contributed by atoms with Crippen LogP contribution in [0.2, 0.25) is 0 Å². The second kappa shape index (κ2) is 7.91. The molecule has 0 aliphatic heterocycles. The molecule has 0 aromatic heterocycles. The van der Waals surface area contributed by atoms with Gasteiger partial charge >= 0.3 is 0 Å². The van der Waals surface area contributed by atoms with Gasteiger partial charge in [-0.05, 0) is 31.4 Å². The number of rotatable bonds is 8. The van der Waals surface area contributed by atoms with Crippen LogP contribution in [0.4, 0.5) is 0 Å². The molecule has 0 bridgehead atoms. The Morgan fingerprint density at radius 2 is 2.12 bits per heavy atom. The number of allylic oxidation sites excluding steroid dienone is 1. The summed E-state index contributed by atoms with van der Waals surface area (Å²) in [7, 11) is 0. The lowest BCUT2D eigenvalue weighted by atomic mass is 10.1. The number of benzene rings is 1. The van der Waals surface area contributed by atoms with Gasteiger partial charge in [-0.15, -0.1) is 6.58 Å². The van der Waals surface area contributed by atoms with E-state index in [9.17, 15) is 0 Å². The minimum Gasteiger partial charge on any atom is -0.465 e. The molecule has 2 nitrogen and oxygen atoms in total. The molecule has 0 heterocycles. The van der Waals surface area contributed by atoms with Crippen LogP contribution in [0.15, 0.2) is 36.9 Å². The maximum atomic E-state index is 5.77. The van der Waals surface area contributed by atoms with E-state index in [0.717, 1.165) is 37.2 Å². The predicted octanol–water partition coefficient (Wildman–Crippen LogP) is 3.96. The first-order valence-electron chi connectivity index (χ1n) is 6.25. The first kappa shape index (κ1) is 13.8. The van der Waals surface area contributed by atoms with E-state index in [2.05, 4.69) is 19.6 Å². The van der Waals surface area contributed by atoms with Crippen LogP contribution in [0.25, 0.3) is 0 Å². The van der Waals surface area contributed by atoms with Crippen molar-refractivity contribution >= 4 is 0 Å². The molecule has 0 amide bonds. The second-order valence-corrected chi connectivity index (χ2v) is 4.01. The summed E-state index contributed by atoms with van der Waals surface area (Å²) in [5.74, 6) is 0.886. The molecule has 2 heteroatoms. The molecule has 0 saturated carbocycles. The lowest BCUT2D eigenvalue weighted by Gasteiger charge is -2.17. The molecule has 1 atom stereocenters. The Hall–Kier alpha value is -1.28. The van der Waals surface area contributed by atoms with E-state index in [1.54, 1.807) is 0 Å².